The van der Waals surface area contributed by atoms with Gasteiger partial charge in [-0.15, -0.1) is 5.11 Å². The number of hydrogen-bond acceptors (Lipinski definition) is 10. The predicted octanol–water partition coefficient (Wildman–Crippen LogP) is 2.63. The average Bonchev–Trinajstić information content (AvgIpc) is 3.20. The van der Waals surface area contributed by atoms with Crippen LogP contribution in [0.2, 0.25) is 0 Å². The third-order valence-electron chi connectivity index (χ3n) is 4.60. The summed E-state index contributed by atoms with van der Waals surface area (Å²) in [5.41, 5.74) is 0.619. The molecule has 0 aliphatic rings. The molecule has 0 radical (unpaired) electrons. The minimum Gasteiger partial charge on any atom is -0.495 e. The number of aryl methyl sites for hydroxylation is 1. The molecular formula is C22H22N6O6. The third kappa shape index (κ3) is 5.06. The number of carbonyl (C=O) groups is 3. The maximum absolute atomic E-state index is 12.9. The smallest absolute Gasteiger partial charge is 0.343 e. The molecule has 0 saturated carbocycles. The number of pyridine rings is 1. The monoisotopic (exact) mass is 466 g/mol. The summed E-state index contributed by atoms with van der Waals surface area (Å²) in [6.07, 6.45) is 1.53. The lowest BCUT2D eigenvalue weighted by atomic mass is 10.2. The first-order chi connectivity index (χ1) is 16.4. The zero-order chi connectivity index (χ0) is 24.7. The maximum atomic E-state index is 12.9. The Kier molecular flexibility index (Phi) is 7.64. The molecule has 1 atom stereocenters. The van der Waals surface area contributed by atoms with Crippen LogP contribution in [0.15, 0.2) is 58.9 Å². The maximum Gasteiger partial charge on any atom is 0.343 e. The molecule has 1 N–H and O–H groups in total. The summed E-state index contributed by atoms with van der Waals surface area (Å²) in [7, 11) is 3.76. The van der Waals surface area contributed by atoms with Gasteiger partial charge < -0.3 is 19.5 Å². The van der Waals surface area contributed by atoms with E-state index in [4.69, 9.17) is 14.2 Å². The molecule has 0 saturated heterocycles. The summed E-state index contributed by atoms with van der Waals surface area (Å²) in [4.78, 5) is 41.8. The van der Waals surface area contributed by atoms with Crippen molar-refractivity contribution in [2.45, 2.75) is 13.0 Å². The van der Waals surface area contributed by atoms with Gasteiger partial charge in [0.1, 0.15) is 11.3 Å². The van der Waals surface area contributed by atoms with Gasteiger partial charge in [-0.3, -0.25) is 4.79 Å². The fourth-order valence-electron chi connectivity index (χ4n) is 2.97. The number of hydrogen-bond donors (Lipinski definition) is 1. The fraction of sp³-hybridized carbons (Fsp3) is 0.227. The number of para-hydroxylation sites is 2. The zero-order valence-corrected chi connectivity index (χ0v) is 18.9. The van der Waals surface area contributed by atoms with Gasteiger partial charge >= 0.3 is 11.9 Å². The Hall–Kier alpha value is -4.61. The number of anilines is 1. The van der Waals surface area contributed by atoms with Crippen LogP contribution in [0, 0.1) is 6.92 Å². The molecule has 3 rings (SSSR count). The standard InChI is InChI=1S/C22H22N6O6/c1-13-17(21(30)33-3)19(28(27-13)16-11-7-8-12-23-16)26-25-18(22(31)34-4)20(29)24-14-9-5-6-10-15(14)32-2/h5-12,18H,1-4H3,(H,24,29). The van der Waals surface area contributed by atoms with Gasteiger partial charge in [0.2, 0.25) is 6.04 Å². The van der Waals surface area contributed by atoms with Crippen LogP contribution < -0.4 is 10.1 Å². The average molecular weight is 466 g/mol. The summed E-state index contributed by atoms with van der Waals surface area (Å²) in [6.45, 7) is 1.58. The van der Waals surface area contributed by atoms with E-state index in [9.17, 15) is 14.4 Å². The van der Waals surface area contributed by atoms with E-state index in [0.717, 1.165) is 7.11 Å². The molecule has 176 valence electrons. The van der Waals surface area contributed by atoms with E-state index in [0.29, 0.717) is 22.9 Å². The van der Waals surface area contributed by atoms with Gasteiger partial charge in [0.25, 0.3) is 5.91 Å². The largest absolute Gasteiger partial charge is 0.495 e. The molecule has 3 aromatic rings. The Balaban J connectivity index is 2.03. The van der Waals surface area contributed by atoms with Gasteiger partial charge in [-0.05, 0) is 31.2 Å². The number of azo groups is 1. The second-order valence-electron chi connectivity index (χ2n) is 6.71. The number of ether oxygens (including phenoxy) is 3. The van der Waals surface area contributed by atoms with Crippen molar-refractivity contribution in [3.63, 3.8) is 0 Å². The number of amides is 1. The number of carbonyl (C=O) groups excluding carboxylic acids is 3. The Morgan fingerprint density at radius 3 is 2.41 bits per heavy atom. The number of esters is 2. The Morgan fingerprint density at radius 1 is 1.03 bits per heavy atom. The molecule has 0 spiro atoms. The second kappa shape index (κ2) is 10.8. The molecule has 0 bridgehead atoms. The minimum absolute atomic E-state index is 0.00524. The molecule has 0 aliphatic carbocycles. The molecule has 34 heavy (non-hydrogen) atoms. The minimum atomic E-state index is -1.69. The normalized spacial score (nSPS) is 11.6. The van der Waals surface area contributed by atoms with Crippen molar-refractivity contribution in [1.82, 2.24) is 14.8 Å². The lowest BCUT2D eigenvalue weighted by Crippen LogP contribution is -2.34. The lowest BCUT2D eigenvalue weighted by Gasteiger charge is -2.13. The first kappa shape index (κ1) is 24.0. The third-order valence-corrected chi connectivity index (χ3v) is 4.60. The summed E-state index contributed by atoms with van der Waals surface area (Å²) in [5, 5.41) is 14.8. The first-order valence-electron chi connectivity index (χ1n) is 9.93. The number of nitrogens with zero attached hydrogens (tertiary/aromatic N) is 5. The summed E-state index contributed by atoms with van der Waals surface area (Å²) in [5.74, 6) is -1.85. The summed E-state index contributed by atoms with van der Waals surface area (Å²) >= 11 is 0. The number of benzene rings is 1. The summed E-state index contributed by atoms with van der Waals surface area (Å²) < 4.78 is 16.0. The molecule has 0 aliphatic heterocycles. The molecule has 12 nitrogen and oxygen atoms in total. The van der Waals surface area contributed by atoms with Crippen LogP contribution in [-0.2, 0) is 19.1 Å². The van der Waals surface area contributed by atoms with Crippen molar-refractivity contribution in [3.8, 4) is 11.6 Å². The van der Waals surface area contributed by atoms with Gasteiger partial charge in [0, 0.05) is 6.20 Å². The van der Waals surface area contributed by atoms with E-state index in [-0.39, 0.29) is 11.4 Å². The Morgan fingerprint density at radius 2 is 1.76 bits per heavy atom. The molecular weight excluding hydrogens is 444 g/mol. The highest BCUT2D eigenvalue weighted by molar-refractivity contribution is 6.09. The van der Waals surface area contributed by atoms with Crippen LogP contribution in [0.1, 0.15) is 16.1 Å². The summed E-state index contributed by atoms with van der Waals surface area (Å²) in [6, 6.07) is 10.0. The molecule has 1 amide bonds. The van der Waals surface area contributed by atoms with E-state index < -0.39 is 23.9 Å². The number of nitrogens with one attached hydrogen (secondary N) is 1. The van der Waals surface area contributed by atoms with Crippen LogP contribution in [0.25, 0.3) is 5.82 Å². The fourth-order valence-corrected chi connectivity index (χ4v) is 2.97. The molecule has 2 aromatic heterocycles. The highest BCUT2D eigenvalue weighted by Crippen LogP contribution is 2.28. The van der Waals surface area contributed by atoms with Crippen LogP contribution >= 0.6 is 0 Å². The van der Waals surface area contributed by atoms with Crippen molar-refractivity contribution < 1.29 is 28.6 Å². The van der Waals surface area contributed by atoms with Crippen molar-refractivity contribution >= 4 is 29.4 Å². The van der Waals surface area contributed by atoms with E-state index in [2.05, 4.69) is 25.6 Å². The van der Waals surface area contributed by atoms with Gasteiger partial charge in [-0.1, -0.05) is 18.2 Å². The van der Waals surface area contributed by atoms with Crippen LogP contribution in [0.4, 0.5) is 11.5 Å². The van der Waals surface area contributed by atoms with Gasteiger partial charge in [0.05, 0.1) is 32.7 Å². The van der Waals surface area contributed by atoms with Crippen LogP contribution in [0.3, 0.4) is 0 Å². The highest BCUT2D eigenvalue weighted by atomic mass is 16.5. The molecule has 1 unspecified atom stereocenters. The number of methoxy groups -OCH3 is 3. The highest BCUT2D eigenvalue weighted by Gasteiger charge is 2.30. The van der Waals surface area contributed by atoms with E-state index in [1.54, 1.807) is 49.4 Å². The first-order valence-corrected chi connectivity index (χ1v) is 9.93. The second-order valence-corrected chi connectivity index (χ2v) is 6.71. The van der Waals surface area contributed by atoms with E-state index in [1.165, 1.54) is 25.1 Å². The molecule has 1 aromatic carbocycles. The predicted molar refractivity (Wildman–Crippen MR) is 119 cm³/mol. The van der Waals surface area contributed by atoms with Crippen molar-refractivity contribution in [3.05, 3.63) is 59.9 Å². The van der Waals surface area contributed by atoms with Crippen molar-refractivity contribution in [2.75, 3.05) is 26.6 Å². The number of rotatable bonds is 8. The van der Waals surface area contributed by atoms with Gasteiger partial charge in [0.15, 0.2) is 11.6 Å². The molecule has 0 fully saturated rings. The molecule has 2 heterocycles. The quantitative estimate of drug-likeness (QED) is 0.303. The van der Waals surface area contributed by atoms with Gasteiger partial charge in [-0.2, -0.15) is 14.9 Å². The lowest BCUT2D eigenvalue weighted by molar-refractivity contribution is -0.144. The Labute approximate surface area is 194 Å². The van der Waals surface area contributed by atoms with Crippen molar-refractivity contribution in [1.29, 1.82) is 0 Å². The molecule has 12 heteroatoms. The van der Waals surface area contributed by atoms with Crippen LogP contribution in [-0.4, -0.2) is 60.0 Å². The van der Waals surface area contributed by atoms with Crippen LogP contribution in [0.5, 0.6) is 5.75 Å². The van der Waals surface area contributed by atoms with Gasteiger partial charge in [-0.25, -0.2) is 14.6 Å². The topological polar surface area (TPSA) is 146 Å². The van der Waals surface area contributed by atoms with E-state index >= 15 is 0 Å². The Bertz CT molecular complexity index is 1220. The van der Waals surface area contributed by atoms with E-state index in [1.807, 2.05) is 0 Å². The zero-order valence-electron chi connectivity index (χ0n) is 18.9. The number of aromatic nitrogens is 3. The SMILES string of the molecule is COC(=O)c1c(C)nn(-c2ccccn2)c1N=NC(C(=O)Nc1ccccc1OC)C(=O)OC. The van der Waals surface area contributed by atoms with Crippen molar-refractivity contribution in [2.24, 2.45) is 10.2 Å².